The Morgan fingerprint density at radius 3 is 2.47 bits per heavy atom. The van der Waals surface area contributed by atoms with Gasteiger partial charge in [0.25, 0.3) is 5.91 Å². The average Bonchev–Trinajstić information content (AvgIpc) is 3.41. The van der Waals surface area contributed by atoms with E-state index < -0.39 is 15.9 Å². The maximum absolute atomic E-state index is 12.9. The van der Waals surface area contributed by atoms with Gasteiger partial charge in [-0.3, -0.25) is 10.1 Å². The van der Waals surface area contributed by atoms with E-state index in [4.69, 9.17) is 23.2 Å². The molecule has 0 unspecified atom stereocenters. The van der Waals surface area contributed by atoms with Crippen LogP contribution in [0, 0.1) is 0 Å². The molecule has 10 heteroatoms. The summed E-state index contributed by atoms with van der Waals surface area (Å²) in [6.45, 7) is 0.920. The van der Waals surface area contributed by atoms with Gasteiger partial charge >= 0.3 is 0 Å². The van der Waals surface area contributed by atoms with E-state index in [1.54, 1.807) is 12.1 Å². The Labute approximate surface area is 188 Å². The third-order valence-corrected chi connectivity index (χ3v) is 8.13. The molecule has 0 atom stereocenters. The van der Waals surface area contributed by atoms with Crippen LogP contribution in [0.4, 0.5) is 5.13 Å². The number of anilines is 1. The second-order valence-corrected chi connectivity index (χ2v) is 10.4. The molecule has 1 aliphatic rings. The summed E-state index contributed by atoms with van der Waals surface area (Å²) in [5.41, 5.74) is 1.78. The SMILES string of the molecule is O=C(Nc1nc(-c2ccc(Cl)cc2)cs1)c1ccc(Cl)c(S(=O)(=O)N2CCCC2)c1. The molecule has 2 heterocycles. The van der Waals surface area contributed by atoms with E-state index in [1.807, 2.05) is 17.5 Å². The first-order chi connectivity index (χ1) is 14.3. The van der Waals surface area contributed by atoms with Crippen molar-refractivity contribution >= 4 is 55.6 Å². The molecule has 0 bridgehead atoms. The number of thiazole rings is 1. The van der Waals surface area contributed by atoms with Crippen molar-refractivity contribution in [3.63, 3.8) is 0 Å². The normalized spacial score (nSPS) is 14.7. The summed E-state index contributed by atoms with van der Waals surface area (Å²) in [5, 5.41) is 5.67. The number of nitrogens with zero attached hydrogens (tertiary/aromatic N) is 2. The number of rotatable bonds is 5. The lowest BCUT2D eigenvalue weighted by Crippen LogP contribution is -2.28. The van der Waals surface area contributed by atoms with Gasteiger partial charge in [0, 0.05) is 34.6 Å². The quantitative estimate of drug-likeness (QED) is 0.545. The minimum absolute atomic E-state index is 0.0558. The second kappa shape index (κ2) is 8.64. The Bertz CT molecular complexity index is 1190. The summed E-state index contributed by atoms with van der Waals surface area (Å²) in [6, 6.07) is 11.5. The Hall–Kier alpha value is -1.97. The van der Waals surface area contributed by atoms with E-state index in [9.17, 15) is 13.2 Å². The van der Waals surface area contributed by atoms with E-state index in [0.717, 1.165) is 18.4 Å². The van der Waals surface area contributed by atoms with Gasteiger partial charge in [-0.15, -0.1) is 11.3 Å². The number of benzene rings is 2. The van der Waals surface area contributed by atoms with Crippen molar-refractivity contribution in [2.45, 2.75) is 17.7 Å². The fourth-order valence-electron chi connectivity index (χ4n) is 3.16. The van der Waals surface area contributed by atoms with E-state index in [-0.39, 0.29) is 15.5 Å². The zero-order valence-electron chi connectivity index (χ0n) is 15.6. The summed E-state index contributed by atoms with van der Waals surface area (Å²) in [5.74, 6) is -0.457. The first-order valence-electron chi connectivity index (χ1n) is 9.17. The molecule has 1 saturated heterocycles. The van der Waals surface area contributed by atoms with Crippen molar-refractivity contribution in [3.05, 3.63) is 63.5 Å². The smallest absolute Gasteiger partial charge is 0.257 e. The molecular formula is C20H17Cl2N3O3S2. The monoisotopic (exact) mass is 481 g/mol. The zero-order valence-corrected chi connectivity index (χ0v) is 18.8. The number of sulfonamides is 1. The molecule has 4 rings (SSSR count). The molecule has 1 fully saturated rings. The van der Waals surface area contributed by atoms with Crippen LogP contribution in [0.25, 0.3) is 11.3 Å². The molecule has 0 radical (unpaired) electrons. The van der Waals surface area contributed by atoms with Crippen LogP contribution < -0.4 is 5.32 Å². The lowest BCUT2D eigenvalue weighted by molar-refractivity contribution is 0.102. The molecule has 0 spiro atoms. The lowest BCUT2D eigenvalue weighted by Gasteiger charge is -2.17. The molecule has 0 aliphatic carbocycles. The predicted molar refractivity (Wildman–Crippen MR) is 120 cm³/mol. The standard InChI is InChI=1S/C20H17Cl2N3O3S2/c21-15-6-3-13(4-7-15)17-12-29-20(23-17)24-19(26)14-5-8-16(22)18(11-14)30(27,28)25-9-1-2-10-25/h3-8,11-12H,1-2,9-10H2,(H,23,24,26). The van der Waals surface area contributed by atoms with Crippen LogP contribution >= 0.6 is 34.5 Å². The molecule has 1 N–H and O–H groups in total. The third kappa shape index (κ3) is 4.38. The van der Waals surface area contributed by atoms with Crippen LogP contribution in [-0.2, 0) is 10.0 Å². The summed E-state index contributed by atoms with van der Waals surface area (Å²) in [4.78, 5) is 17.1. The topological polar surface area (TPSA) is 79.4 Å². The van der Waals surface area contributed by atoms with Crippen molar-refractivity contribution in [2.24, 2.45) is 0 Å². The summed E-state index contributed by atoms with van der Waals surface area (Å²) < 4.78 is 27.1. The molecule has 156 valence electrons. The molecule has 3 aromatic rings. The minimum Gasteiger partial charge on any atom is -0.298 e. The summed E-state index contributed by atoms with van der Waals surface area (Å²) >= 11 is 13.3. The van der Waals surface area contributed by atoms with Gasteiger partial charge in [0.05, 0.1) is 10.7 Å². The van der Waals surface area contributed by atoms with Crippen molar-refractivity contribution in [2.75, 3.05) is 18.4 Å². The minimum atomic E-state index is -3.74. The zero-order chi connectivity index (χ0) is 21.3. The number of nitrogens with one attached hydrogen (secondary N) is 1. The number of carbonyl (C=O) groups is 1. The Morgan fingerprint density at radius 2 is 1.77 bits per heavy atom. The highest BCUT2D eigenvalue weighted by Gasteiger charge is 2.29. The van der Waals surface area contributed by atoms with Gasteiger partial charge in [0.1, 0.15) is 4.90 Å². The van der Waals surface area contributed by atoms with Gasteiger partial charge in [-0.05, 0) is 43.2 Å². The number of carbonyl (C=O) groups excluding carboxylic acids is 1. The highest BCUT2D eigenvalue weighted by molar-refractivity contribution is 7.89. The molecular weight excluding hydrogens is 465 g/mol. The van der Waals surface area contributed by atoms with E-state index >= 15 is 0 Å². The summed E-state index contributed by atoms with van der Waals surface area (Å²) in [6.07, 6.45) is 1.63. The first-order valence-corrected chi connectivity index (χ1v) is 12.2. The Balaban J connectivity index is 1.55. The molecule has 30 heavy (non-hydrogen) atoms. The number of aromatic nitrogens is 1. The molecule has 2 aromatic carbocycles. The van der Waals surface area contributed by atoms with Crippen LogP contribution in [0.1, 0.15) is 23.2 Å². The average molecular weight is 482 g/mol. The van der Waals surface area contributed by atoms with Crippen molar-refractivity contribution in [1.82, 2.24) is 9.29 Å². The fraction of sp³-hybridized carbons (Fsp3) is 0.200. The number of hydrogen-bond acceptors (Lipinski definition) is 5. The number of amides is 1. The van der Waals surface area contributed by atoms with Crippen LogP contribution in [-0.4, -0.2) is 36.7 Å². The van der Waals surface area contributed by atoms with Crippen LogP contribution in [0.3, 0.4) is 0 Å². The summed E-state index contributed by atoms with van der Waals surface area (Å²) in [7, 11) is -3.74. The lowest BCUT2D eigenvalue weighted by atomic mass is 10.2. The van der Waals surface area contributed by atoms with Crippen molar-refractivity contribution < 1.29 is 13.2 Å². The Morgan fingerprint density at radius 1 is 1.07 bits per heavy atom. The van der Waals surface area contributed by atoms with Gasteiger partial charge in [0.15, 0.2) is 5.13 Å². The fourth-order valence-corrected chi connectivity index (χ4v) is 6.02. The van der Waals surface area contributed by atoms with Gasteiger partial charge in [-0.25, -0.2) is 13.4 Å². The highest BCUT2D eigenvalue weighted by Crippen LogP contribution is 2.29. The van der Waals surface area contributed by atoms with E-state index in [0.29, 0.717) is 28.9 Å². The van der Waals surface area contributed by atoms with Gasteiger partial charge in [0.2, 0.25) is 10.0 Å². The van der Waals surface area contributed by atoms with E-state index in [1.165, 1.54) is 33.8 Å². The van der Waals surface area contributed by atoms with Crippen LogP contribution in [0.15, 0.2) is 52.7 Å². The number of hydrogen-bond donors (Lipinski definition) is 1. The van der Waals surface area contributed by atoms with Gasteiger partial charge in [-0.2, -0.15) is 4.31 Å². The molecule has 6 nitrogen and oxygen atoms in total. The molecule has 0 saturated carbocycles. The maximum atomic E-state index is 12.9. The highest BCUT2D eigenvalue weighted by atomic mass is 35.5. The van der Waals surface area contributed by atoms with Gasteiger partial charge < -0.3 is 0 Å². The molecule has 1 aromatic heterocycles. The Kier molecular flexibility index (Phi) is 6.13. The van der Waals surface area contributed by atoms with Crippen molar-refractivity contribution in [3.8, 4) is 11.3 Å². The molecule has 1 amide bonds. The van der Waals surface area contributed by atoms with Crippen LogP contribution in [0.2, 0.25) is 10.0 Å². The predicted octanol–water partition coefficient (Wildman–Crippen LogP) is 5.15. The third-order valence-electron chi connectivity index (χ3n) is 4.74. The van der Waals surface area contributed by atoms with Gasteiger partial charge in [-0.1, -0.05) is 35.3 Å². The number of halogens is 2. The maximum Gasteiger partial charge on any atom is 0.257 e. The van der Waals surface area contributed by atoms with E-state index in [2.05, 4.69) is 10.3 Å². The van der Waals surface area contributed by atoms with Crippen LogP contribution in [0.5, 0.6) is 0 Å². The first kappa shape index (κ1) is 21.3. The largest absolute Gasteiger partial charge is 0.298 e. The molecule has 1 aliphatic heterocycles. The second-order valence-electron chi connectivity index (χ2n) is 6.76. The van der Waals surface area contributed by atoms with Crippen molar-refractivity contribution in [1.29, 1.82) is 0 Å².